The van der Waals surface area contributed by atoms with E-state index in [0.29, 0.717) is 0 Å². The van der Waals surface area contributed by atoms with Crippen molar-refractivity contribution in [3.05, 3.63) is 12.2 Å². The average Bonchev–Trinajstić information content (AvgIpc) is 2.15. The smallest absolute Gasteiger partial charge is 0.346 e. The molecule has 80 valence electrons. The molecule has 4 heteroatoms. The number of hydrogen-bond donors (Lipinski definition) is 1. The second-order valence-electron chi connectivity index (χ2n) is 3.13. The molecule has 0 saturated heterocycles. The molecular formula is C10H16O4. The zero-order valence-corrected chi connectivity index (χ0v) is 8.90. The van der Waals surface area contributed by atoms with Crippen LogP contribution in [0.25, 0.3) is 0 Å². The average molecular weight is 200 g/mol. The molecule has 0 aromatic heterocycles. The van der Waals surface area contributed by atoms with Crippen LogP contribution in [0.2, 0.25) is 0 Å². The molecule has 0 heterocycles. The topological polar surface area (TPSA) is 63.6 Å². The highest BCUT2D eigenvalue weighted by atomic mass is 16.5. The van der Waals surface area contributed by atoms with E-state index in [2.05, 4.69) is 4.74 Å². The first-order chi connectivity index (χ1) is 6.41. The first-order valence-electron chi connectivity index (χ1n) is 4.35. The van der Waals surface area contributed by atoms with Crippen LogP contribution < -0.4 is 0 Å². The van der Waals surface area contributed by atoms with Gasteiger partial charge in [-0.25, -0.2) is 4.79 Å². The van der Waals surface area contributed by atoms with E-state index >= 15 is 0 Å². The number of ether oxygens (including phenoxy) is 1. The zero-order chi connectivity index (χ0) is 11.4. The van der Waals surface area contributed by atoms with Crippen LogP contribution in [0.4, 0.5) is 0 Å². The fraction of sp³-hybridized carbons (Fsp3) is 0.600. The van der Waals surface area contributed by atoms with Crippen molar-refractivity contribution >= 4 is 11.8 Å². The predicted octanol–water partition coefficient (Wildman–Crippen LogP) is 0.692. The Morgan fingerprint density at radius 1 is 1.50 bits per heavy atom. The molecule has 4 nitrogen and oxygen atoms in total. The predicted molar refractivity (Wildman–Crippen MR) is 51.6 cm³/mol. The number of Topliss-reactive ketones (excluding diaryl/α,β-unsaturated/α-hetero) is 1. The molecule has 0 rings (SSSR count). The molecular weight excluding hydrogens is 184 g/mol. The lowest BCUT2D eigenvalue weighted by Crippen LogP contribution is -2.51. The van der Waals surface area contributed by atoms with E-state index in [1.54, 1.807) is 26.0 Å². The number of carbonyl (C=O) groups is 2. The summed E-state index contributed by atoms with van der Waals surface area (Å²) in [5, 5.41) is 9.88. The Labute approximate surface area is 83.6 Å². The Morgan fingerprint density at radius 3 is 2.29 bits per heavy atom. The van der Waals surface area contributed by atoms with E-state index in [-0.39, 0.29) is 0 Å². The molecule has 0 aliphatic rings. The number of aliphatic hydroxyl groups is 1. The fourth-order valence-electron chi connectivity index (χ4n) is 1.23. The van der Waals surface area contributed by atoms with Gasteiger partial charge in [-0.15, -0.1) is 0 Å². The van der Waals surface area contributed by atoms with Crippen molar-refractivity contribution < 1.29 is 19.4 Å². The lowest BCUT2D eigenvalue weighted by molar-refractivity contribution is -0.171. The van der Waals surface area contributed by atoms with Crippen molar-refractivity contribution in [2.45, 2.75) is 26.4 Å². The molecule has 0 fully saturated rings. The summed E-state index contributed by atoms with van der Waals surface area (Å²) >= 11 is 0. The Bertz CT molecular complexity index is 257. The third-order valence-corrected chi connectivity index (χ3v) is 2.17. The van der Waals surface area contributed by atoms with E-state index < -0.39 is 23.3 Å². The third kappa shape index (κ3) is 2.20. The van der Waals surface area contributed by atoms with Gasteiger partial charge in [-0.05, 0) is 13.8 Å². The van der Waals surface area contributed by atoms with Gasteiger partial charge in [0.1, 0.15) is 0 Å². The number of allylic oxidation sites excluding steroid dienone is 1. The maximum absolute atomic E-state index is 11.3. The molecule has 14 heavy (non-hydrogen) atoms. The number of methoxy groups -OCH3 is 1. The van der Waals surface area contributed by atoms with Crippen molar-refractivity contribution in [1.29, 1.82) is 0 Å². The SMILES string of the molecule is C/C=C/[C@H](C)[C@@](O)(C(C)=O)C(=O)OC. The van der Waals surface area contributed by atoms with Crippen molar-refractivity contribution in [3.63, 3.8) is 0 Å². The standard InChI is InChI=1S/C10H16O4/c1-5-6-7(2)10(13,8(3)11)9(12)14-4/h5-7,13H,1-4H3/b6-5+/t7-,10+/m0/s1. The summed E-state index contributed by atoms with van der Waals surface area (Å²) in [6.07, 6.45) is 3.25. The molecule has 0 aliphatic carbocycles. The number of hydrogen-bond acceptors (Lipinski definition) is 4. The fourth-order valence-corrected chi connectivity index (χ4v) is 1.23. The van der Waals surface area contributed by atoms with Crippen LogP contribution in [0.15, 0.2) is 12.2 Å². The lowest BCUT2D eigenvalue weighted by atomic mass is 9.85. The van der Waals surface area contributed by atoms with Crippen molar-refractivity contribution in [2.75, 3.05) is 7.11 Å². The van der Waals surface area contributed by atoms with E-state index in [1.807, 2.05) is 0 Å². The number of esters is 1. The Hall–Kier alpha value is -1.16. The second kappa shape index (κ2) is 4.91. The van der Waals surface area contributed by atoms with Crippen molar-refractivity contribution in [2.24, 2.45) is 5.92 Å². The molecule has 2 atom stereocenters. The Morgan fingerprint density at radius 2 is 2.00 bits per heavy atom. The van der Waals surface area contributed by atoms with Gasteiger partial charge in [-0.1, -0.05) is 19.1 Å². The van der Waals surface area contributed by atoms with E-state index in [4.69, 9.17) is 0 Å². The van der Waals surface area contributed by atoms with Crippen molar-refractivity contribution in [3.8, 4) is 0 Å². The minimum Gasteiger partial charge on any atom is -0.467 e. The Kier molecular flexibility index (Phi) is 4.50. The first-order valence-corrected chi connectivity index (χ1v) is 4.35. The second-order valence-corrected chi connectivity index (χ2v) is 3.13. The number of carbonyl (C=O) groups excluding carboxylic acids is 2. The van der Waals surface area contributed by atoms with E-state index in [0.717, 1.165) is 14.0 Å². The minimum absolute atomic E-state index is 0.600. The largest absolute Gasteiger partial charge is 0.467 e. The Balaban J connectivity index is 5.09. The summed E-state index contributed by atoms with van der Waals surface area (Å²) in [5.74, 6) is -2.14. The third-order valence-electron chi connectivity index (χ3n) is 2.17. The van der Waals surface area contributed by atoms with Crippen LogP contribution in [-0.4, -0.2) is 29.6 Å². The maximum atomic E-state index is 11.3. The van der Waals surface area contributed by atoms with Crippen LogP contribution in [0.3, 0.4) is 0 Å². The molecule has 1 N–H and O–H groups in total. The van der Waals surface area contributed by atoms with Crippen LogP contribution in [0.5, 0.6) is 0 Å². The van der Waals surface area contributed by atoms with Gasteiger partial charge < -0.3 is 9.84 Å². The molecule has 0 unspecified atom stereocenters. The number of rotatable bonds is 4. The highest BCUT2D eigenvalue weighted by Crippen LogP contribution is 2.21. The van der Waals surface area contributed by atoms with Crippen LogP contribution in [-0.2, 0) is 14.3 Å². The molecule has 0 amide bonds. The van der Waals surface area contributed by atoms with Gasteiger partial charge in [-0.3, -0.25) is 4.79 Å². The summed E-state index contributed by atoms with van der Waals surface area (Å²) in [7, 11) is 1.14. The van der Waals surface area contributed by atoms with Crippen LogP contribution in [0, 0.1) is 5.92 Å². The molecule has 0 aliphatic heterocycles. The quantitative estimate of drug-likeness (QED) is 0.412. The van der Waals surface area contributed by atoms with Gasteiger partial charge in [0.25, 0.3) is 0 Å². The minimum atomic E-state index is -2.07. The zero-order valence-electron chi connectivity index (χ0n) is 8.90. The molecule has 0 bridgehead atoms. The summed E-state index contributed by atoms with van der Waals surface area (Å²) in [6, 6.07) is 0. The van der Waals surface area contributed by atoms with E-state index in [1.165, 1.54) is 0 Å². The van der Waals surface area contributed by atoms with Crippen LogP contribution in [0.1, 0.15) is 20.8 Å². The summed E-state index contributed by atoms with van der Waals surface area (Å²) in [4.78, 5) is 22.5. The molecule has 0 radical (unpaired) electrons. The maximum Gasteiger partial charge on any atom is 0.346 e. The van der Waals surface area contributed by atoms with Gasteiger partial charge in [0.05, 0.1) is 7.11 Å². The highest BCUT2D eigenvalue weighted by Gasteiger charge is 2.46. The monoisotopic (exact) mass is 200 g/mol. The van der Waals surface area contributed by atoms with Gasteiger partial charge in [0, 0.05) is 5.92 Å². The van der Waals surface area contributed by atoms with Gasteiger partial charge in [0.15, 0.2) is 5.78 Å². The molecule has 0 aromatic carbocycles. The summed E-state index contributed by atoms with van der Waals surface area (Å²) < 4.78 is 4.40. The van der Waals surface area contributed by atoms with Gasteiger partial charge in [0.2, 0.25) is 5.60 Å². The molecule has 0 saturated carbocycles. The summed E-state index contributed by atoms with van der Waals surface area (Å²) in [6.45, 7) is 4.49. The lowest BCUT2D eigenvalue weighted by Gasteiger charge is -2.26. The van der Waals surface area contributed by atoms with Crippen molar-refractivity contribution in [1.82, 2.24) is 0 Å². The van der Waals surface area contributed by atoms with Crippen LogP contribution >= 0.6 is 0 Å². The van der Waals surface area contributed by atoms with Gasteiger partial charge >= 0.3 is 5.97 Å². The summed E-state index contributed by atoms with van der Waals surface area (Å²) in [5.41, 5.74) is -2.07. The normalized spacial score (nSPS) is 17.5. The van der Waals surface area contributed by atoms with Gasteiger partial charge in [-0.2, -0.15) is 0 Å². The molecule has 0 spiro atoms. The molecule has 0 aromatic rings. The number of ketones is 1. The van der Waals surface area contributed by atoms with E-state index in [9.17, 15) is 14.7 Å². The highest BCUT2D eigenvalue weighted by molar-refractivity contribution is 6.06. The first kappa shape index (κ1) is 12.8.